The number of nitrogens with zero attached hydrogens (tertiary/aromatic N) is 3. The monoisotopic (exact) mass is 446 g/mol. The van der Waals surface area contributed by atoms with E-state index in [4.69, 9.17) is 16.3 Å². The van der Waals surface area contributed by atoms with Crippen LogP contribution >= 0.6 is 11.6 Å². The number of hydrogen-bond donors (Lipinski definition) is 1. The SMILES string of the molecule is Cc1ccc(-c2nc(OC(C)C)nn2-c2ccc(NC(=O)c3ccc(Cl)cc3)cc2)cc1. The molecule has 0 aliphatic heterocycles. The van der Waals surface area contributed by atoms with E-state index < -0.39 is 0 Å². The normalized spacial score (nSPS) is 10.9. The zero-order chi connectivity index (χ0) is 22.7. The van der Waals surface area contributed by atoms with E-state index in [0.29, 0.717) is 28.1 Å². The number of nitrogens with one attached hydrogen (secondary N) is 1. The molecule has 7 heteroatoms. The third-order valence-corrected chi connectivity index (χ3v) is 4.97. The van der Waals surface area contributed by atoms with Crippen molar-refractivity contribution in [2.75, 3.05) is 5.32 Å². The zero-order valence-electron chi connectivity index (χ0n) is 18.0. The molecule has 1 heterocycles. The third-order valence-electron chi connectivity index (χ3n) is 4.71. The largest absolute Gasteiger partial charge is 0.460 e. The third kappa shape index (κ3) is 4.98. The van der Waals surface area contributed by atoms with Crippen molar-refractivity contribution >= 4 is 23.2 Å². The fraction of sp³-hybridized carbons (Fsp3) is 0.160. The Morgan fingerprint density at radius 2 is 1.62 bits per heavy atom. The maximum atomic E-state index is 12.5. The van der Waals surface area contributed by atoms with Crippen LogP contribution in [0.15, 0.2) is 72.8 Å². The van der Waals surface area contributed by atoms with Gasteiger partial charge in [-0.25, -0.2) is 4.68 Å². The first-order valence-corrected chi connectivity index (χ1v) is 10.6. The first-order valence-electron chi connectivity index (χ1n) is 10.3. The molecule has 1 N–H and O–H groups in total. The van der Waals surface area contributed by atoms with Crippen LogP contribution in [0, 0.1) is 6.92 Å². The summed E-state index contributed by atoms with van der Waals surface area (Å²) >= 11 is 5.89. The molecule has 0 fully saturated rings. The van der Waals surface area contributed by atoms with Crippen LogP contribution < -0.4 is 10.1 Å². The molecule has 1 aromatic heterocycles. The molecule has 4 rings (SSSR count). The number of aromatic nitrogens is 3. The second-order valence-electron chi connectivity index (χ2n) is 7.67. The van der Waals surface area contributed by atoms with Crippen molar-refractivity contribution in [3.8, 4) is 23.1 Å². The van der Waals surface area contributed by atoms with Gasteiger partial charge in [0.1, 0.15) is 0 Å². The molecule has 162 valence electrons. The highest BCUT2D eigenvalue weighted by Gasteiger charge is 2.16. The number of aryl methyl sites for hydroxylation is 1. The lowest BCUT2D eigenvalue weighted by molar-refractivity contribution is 0.102. The van der Waals surface area contributed by atoms with Gasteiger partial charge in [-0.15, -0.1) is 5.10 Å². The number of amides is 1. The lowest BCUT2D eigenvalue weighted by Crippen LogP contribution is -2.11. The first-order chi connectivity index (χ1) is 15.4. The Bertz CT molecular complexity index is 1210. The zero-order valence-corrected chi connectivity index (χ0v) is 18.8. The fourth-order valence-corrected chi connectivity index (χ4v) is 3.24. The van der Waals surface area contributed by atoms with Gasteiger partial charge < -0.3 is 10.1 Å². The molecule has 4 aromatic rings. The Morgan fingerprint density at radius 1 is 0.969 bits per heavy atom. The molecular weight excluding hydrogens is 424 g/mol. The van der Waals surface area contributed by atoms with Crippen LogP contribution in [0.5, 0.6) is 6.01 Å². The van der Waals surface area contributed by atoms with E-state index in [1.54, 1.807) is 28.9 Å². The van der Waals surface area contributed by atoms with E-state index in [0.717, 1.165) is 11.3 Å². The van der Waals surface area contributed by atoms with Crippen molar-refractivity contribution in [3.05, 3.63) is 88.9 Å². The van der Waals surface area contributed by atoms with Gasteiger partial charge in [-0.05, 0) is 69.3 Å². The molecule has 0 aliphatic rings. The molecule has 0 spiro atoms. The van der Waals surface area contributed by atoms with Crippen LogP contribution in [0.4, 0.5) is 5.69 Å². The number of anilines is 1. The lowest BCUT2D eigenvalue weighted by Gasteiger charge is -2.09. The molecule has 0 bridgehead atoms. The molecule has 0 unspecified atom stereocenters. The molecule has 0 saturated heterocycles. The topological polar surface area (TPSA) is 69.0 Å². The van der Waals surface area contributed by atoms with E-state index in [9.17, 15) is 4.79 Å². The van der Waals surface area contributed by atoms with E-state index >= 15 is 0 Å². The fourth-order valence-electron chi connectivity index (χ4n) is 3.11. The Balaban J connectivity index is 1.61. The molecule has 0 saturated carbocycles. The Kier molecular flexibility index (Phi) is 6.23. The van der Waals surface area contributed by atoms with Crippen LogP contribution in [-0.2, 0) is 0 Å². The number of hydrogen-bond acceptors (Lipinski definition) is 4. The summed E-state index contributed by atoms with van der Waals surface area (Å²) in [6, 6.07) is 22.6. The summed E-state index contributed by atoms with van der Waals surface area (Å²) < 4.78 is 7.47. The number of rotatable bonds is 6. The Hall–Kier alpha value is -3.64. The minimum atomic E-state index is -0.205. The van der Waals surface area contributed by atoms with Crippen LogP contribution in [0.2, 0.25) is 5.02 Å². The Morgan fingerprint density at radius 3 is 2.25 bits per heavy atom. The summed E-state index contributed by atoms with van der Waals surface area (Å²) in [6.07, 6.45) is -0.0397. The minimum Gasteiger partial charge on any atom is -0.460 e. The van der Waals surface area contributed by atoms with Crippen molar-refractivity contribution in [2.45, 2.75) is 26.9 Å². The van der Waals surface area contributed by atoms with Crippen LogP contribution in [0.1, 0.15) is 29.8 Å². The summed E-state index contributed by atoms with van der Waals surface area (Å²) in [4.78, 5) is 17.0. The molecule has 0 atom stereocenters. The predicted molar refractivity (Wildman–Crippen MR) is 127 cm³/mol. The average molecular weight is 447 g/mol. The van der Waals surface area contributed by atoms with Crippen molar-refractivity contribution in [1.82, 2.24) is 14.8 Å². The maximum Gasteiger partial charge on any atom is 0.336 e. The van der Waals surface area contributed by atoms with E-state index in [-0.39, 0.29) is 12.0 Å². The molecule has 1 amide bonds. The van der Waals surface area contributed by atoms with E-state index in [2.05, 4.69) is 15.4 Å². The number of halogens is 1. The molecule has 0 aliphatic carbocycles. The highest BCUT2D eigenvalue weighted by molar-refractivity contribution is 6.30. The van der Waals surface area contributed by atoms with E-state index in [1.807, 2.05) is 69.3 Å². The predicted octanol–water partition coefficient (Wildman–Crippen LogP) is 5.94. The van der Waals surface area contributed by atoms with Gasteiger partial charge in [-0.1, -0.05) is 41.4 Å². The average Bonchev–Trinajstić information content (AvgIpc) is 3.18. The van der Waals surface area contributed by atoms with Crippen LogP contribution in [0.3, 0.4) is 0 Å². The van der Waals surface area contributed by atoms with Crippen molar-refractivity contribution in [3.63, 3.8) is 0 Å². The van der Waals surface area contributed by atoms with Gasteiger partial charge in [0.05, 0.1) is 11.8 Å². The van der Waals surface area contributed by atoms with Gasteiger partial charge in [0.25, 0.3) is 5.91 Å². The summed E-state index contributed by atoms with van der Waals surface area (Å²) in [7, 11) is 0. The summed E-state index contributed by atoms with van der Waals surface area (Å²) in [6.45, 7) is 5.91. The summed E-state index contributed by atoms with van der Waals surface area (Å²) in [5, 5.41) is 8.02. The second kappa shape index (κ2) is 9.24. The molecule has 3 aromatic carbocycles. The summed E-state index contributed by atoms with van der Waals surface area (Å²) in [5.74, 6) is 0.474. The number of benzene rings is 3. The lowest BCUT2D eigenvalue weighted by atomic mass is 10.1. The maximum absolute atomic E-state index is 12.5. The van der Waals surface area contributed by atoms with Gasteiger partial charge in [0, 0.05) is 21.8 Å². The van der Waals surface area contributed by atoms with Gasteiger partial charge >= 0.3 is 6.01 Å². The van der Waals surface area contributed by atoms with Gasteiger partial charge in [-0.3, -0.25) is 4.79 Å². The van der Waals surface area contributed by atoms with Crippen molar-refractivity contribution < 1.29 is 9.53 Å². The summed E-state index contributed by atoms with van der Waals surface area (Å²) in [5.41, 5.74) is 4.11. The van der Waals surface area contributed by atoms with Gasteiger partial charge in [0.15, 0.2) is 5.82 Å². The van der Waals surface area contributed by atoms with Gasteiger partial charge in [-0.2, -0.15) is 4.98 Å². The minimum absolute atomic E-state index is 0.0397. The molecular formula is C25H23ClN4O2. The number of ether oxygens (including phenoxy) is 1. The second-order valence-corrected chi connectivity index (χ2v) is 8.11. The number of carbonyl (C=O) groups excluding carboxylic acids is 1. The van der Waals surface area contributed by atoms with Gasteiger partial charge in [0.2, 0.25) is 0 Å². The standard InChI is InChI=1S/C25H23ClN4O2/c1-16(2)32-25-28-23(18-6-4-17(3)5-7-18)30(29-25)22-14-12-21(13-15-22)27-24(31)19-8-10-20(26)11-9-19/h4-16H,1-3H3,(H,27,31). The highest BCUT2D eigenvalue weighted by Crippen LogP contribution is 2.25. The van der Waals surface area contributed by atoms with Crippen molar-refractivity contribution in [2.24, 2.45) is 0 Å². The van der Waals surface area contributed by atoms with Crippen molar-refractivity contribution in [1.29, 1.82) is 0 Å². The molecule has 32 heavy (non-hydrogen) atoms. The first kappa shape index (κ1) is 21.6. The quantitative estimate of drug-likeness (QED) is 0.398. The number of carbonyl (C=O) groups is 1. The van der Waals surface area contributed by atoms with E-state index in [1.165, 1.54) is 5.56 Å². The van der Waals surface area contributed by atoms with Crippen LogP contribution in [-0.4, -0.2) is 26.8 Å². The Labute approximate surface area is 191 Å². The molecule has 0 radical (unpaired) electrons. The molecule has 6 nitrogen and oxygen atoms in total. The van der Waals surface area contributed by atoms with Crippen LogP contribution in [0.25, 0.3) is 17.1 Å². The highest BCUT2D eigenvalue weighted by atomic mass is 35.5. The smallest absolute Gasteiger partial charge is 0.336 e.